The monoisotopic (exact) mass is 391 g/mol. The van der Waals surface area contributed by atoms with E-state index in [-0.39, 0.29) is 35.0 Å². The van der Waals surface area contributed by atoms with E-state index in [4.69, 9.17) is 0 Å². The van der Waals surface area contributed by atoms with Crippen molar-refractivity contribution in [1.29, 1.82) is 0 Å². The van der Waals surface area contributed by atoms with Gasteiger partial charge < -0.3 is 15.0 Å². The molecule has 0 saturated carbocycles. The van der Waals surface area contributed by atoms with Gasteiger partial charge in [0.05, 0.1) is 28.3 Å². The number of carbonyl (C=O) groups is 1. The van der Waals surface area contributed by atoms with E-state index >= 15 is 0 Å². The third-order valence-corrected chi connectivity index (χ3v) is 6.24. The fourth-order valence-electron chi connectivity index (χ4n) is 2.52. The van der Waals surface area contributed by atoms with E-state index in [0.29, 0.717) is 22.6 Å². The molecule has 1 aliphatic heterocycles. The van der Waals surface area contributed by atoms with Crippen LogP contribution < -0.4 is 10.1 Å². The Morgan fingerprint density at radius 2 is 2.28 bits per heavy atom. The first kappa shape index (κ1) is 17.9. The van der Waals surface area contributed by atoms with Crippen LogP contribution in [0.4, 0.5) is 8.78 Å². The van der Waals surface area contributed by atoms with Crippen LogP contribution in [0, 0.1) is 0 Å². The van der Waals surface area contributed by atoms with Gasteiger partial charge in [-0.05, 0) is 18.6 Å². The summed E-state index contributed by atoms with van der Waals surface area (Å²) in [6.45, 7) is -2.91. The summed E-state index contributed by atoms with van der Waals surface area (Å²) in [5, 5.41) is 3.14. The van der Waals surface area contributed by atoms with Gasteiger partial charge in [0.15, 0.2) is 15.0 Å². The van der Waals surface area contributed by atoms with Gasteiger partial charge in [0.25, 0.3) is 0 Å². The van der Waals surface area contributed by atoms with E-state index in [0.717, 1.165) is 11.8 Å². The summed E-state index contributed by atoms with van der Waals surface area (Å²) >= 11 is 1.14. The van der Waals surface area contributed by atoms with Gasteiger partial charge in [-0.1, -0.05) is 11.8 Å². The molecule has 1 aromatic carbocycles. The molecule has 0 bridgehead atoms. The molecule has 1 fully saturated rings. The summed E-state index contributed by atoms with van der Waals surface area (Å²) in [6.07, 6.45) is 0.427. The number of rotatable bonds is 6. The van der Waals surface area contributed by atoms with Crippen LogP contribution in [-0.4, -0.2) is 54.2 Å². The molecular formula is C14H15F2N3O4S2. The SMILES string of the molecule is O=C(CSc1nc2ccc(OC(F)F)cc2[nH]1)N[C@H]1CCS(=O)(=O)C1. The predicted octanol–water partition coefficient (Wildman–Crippen LogP) is 1.56. The Morgan fingerprint density at radius 1 is 1.48 bits per heavy atom. The topological polar surface area (TPSA) is 101 Å². The average molecular weight is 391 g/mol. The van der Waals surface area contributed by atoms with Gasteiger partial charge in [-0.3, -0.25) is 4.79 Å². The number of imidazole rings is 1. The predicted molar refractivity (Wildman–Crippen MR) is 88.7 cm³/mol. The normalized spacial score (nSPS) is 19.4. The molecule has 1 atom stereocenters. The minimum atomic E-state index is -3.04. The Kier molecular flexibility index (Phi) is 5.13. The molecule has 0 radical (unpaired) electrons. The number of hydrogen-bond donors (Lipinski definition) is 2. The Hall–Kier alpha value is -1.88. The average Bonchev–Trinajstić information content (AvgIpc) is 3.06. The van der Waals surface area contributed by atoms with Crippen LogP contribution >= 0.6 is 11.8 Å². The van der Waals surface area contributed by atoms with E-state index in [2.05, 4.69) is 20.0 Å². The lowest BCUT2D eigenvalue weighted by atomic mass is 10.3. The third kappa shape index (κ3) is 4.82. The van der Waals surface area contributed by atoms with Crippen LogP contribution in [0.1, 0.15) is 6.42 Å². The second-order valence-electron chi connectivity index (χ2n) is 5.56. The summed E-state index contributed by atoms with van der Waals surface area (Å²) in [6, 6.07) is 3.98. The van der Waals surface area contributed by atoms with E-state index in [1.165, 1.54) is 18.2 Å². The van der Waals surface area contributed by atoms with Gasteiger partial charge >= 0.3 is 6.61 Å². The maximum atomic E-state index is 12.2. The lowest BCUT2D eigenvalue weighted by molar-refractivity contribution is -0.119. The number of H-pyrrole nitrogens is 1. The Balaban J connectivity index is 1.56. The molecular weight excluding hydrogens is 376 g/mol. The van der Waals surface area contributed by atoms with Crippen LogP contribution in [0.25, 0.3) is 11.0 Å². The molecule has 0 spiro atoms. The number of ether oxygens (including phenoxy) is 1. The van der Waals surface area contributed by atoms with Crippen molar-refractivity contribution in [3.8, 4) is 5.75 Å². The minimum absolute atomic E-state index is 0.0166. The number of nitrogens with zero attached hydrogens (tertiary/aromatic N) is 1. The number of nitrogens with one attached hydrogen (secondary N) is 2. The number of fused-ring (bicyclic) bond motifs is 1. The highest BCUT2D eigenvalue weighted by Crippen LogP contribution is 2.24. The first-order valence-electron chi connectivity index (χ1n) is 7.38. The Bertz CT molecular complexity index is 885. The zero-order chi connectivity index (χ0) is 18.0. The van der Waals surface area contributed by atoms with Crippen molar-refractivity contribution in [2.45, 2.75) is 24.2 Å². The first-order valence-corrected chi connectivity index (χ1v) is 10.2. The van der Waals surface area contributed by atoms with Gasteiger partial charge in [0.1, 0.15) is 5.75 Å². The van der Waals surface area contributed by atoms with Crippen molar-refractivity contribution in [3.63, 3.8) is 0 Å². The summed E-state index contributed by atoms with van der Waals surface area (Å²) in [5.74, 6) is -0.132. The zero-order valence-electron chi connectivity index (χ0n) is 12.9. The summed E-state index contributed by atoms with van der Waals surface area (Å²) in [4.78, 5) is 19.1. The van der Waals surface area contributed by atoms with Crippen molar-refractivity contribution < 1.29 is 26.7 Å². The summed E-state index contributed by atoms with van der Waals surface area (Å²) in [7, 11) is -3.04. The van der Waals surface area contributed by atoms with E-state index in [9.17, 15) is 22.0 Å². The fraction of sp³-hybridized carbons (Fsp3) is 0.429. The number of sulfone groups is 1. The summed E-state index contributed by atoms with van der Waals surface area (Å²) in [5.41, 5.74) is 1.08. The molecule has 25 heavy (non-hydrogen) atoms. The number of thioether (sulfide) groups is 1. The molecule has 1 amide bonds. The summed E-state index contributed by atoms with van der Waals surface area (Å²) < 4.78 is 51.5. The number of hydrogen-bond acceptors (Lipinski definition) is 6. The highest BCUT2D eigenvalue weighted by atomic mass is 32.2. The molecule has 3 rings (SSSR count). The zero-order valence-corrected chi connectivity index (χ0v) is 14.5. The van der Waals surface area contributed by atoms with Crippen LogP contribution in [0.3, 0.4) is 0 Å². The molecule has 0 unspecified atom stereocenters. The van der Waals surface area contributed by atoms with Crippen molar-refractivity contribution >= 4 is 38.5 Å². The largest absolute Gasteiger partial charge is 0.435 e. The smallest absolute Gasteiger partial charge is 0.387 e. The maximum absolute atomic E-state index is 12.2. The van der Waals surface area contributed by atoms with E-state index in [1.807, 2.05) is 0 Å². The number of alkyl halides is 2. The van der Waals surface area contributed by atoms with Crippen LogP contribution in [0.5, 0.6) is 5.75 Å². The standard InChI is InChI=1S/C14H15F2N3O4S2/c15-13(16)23-9-1-2-10-11(5-9)19-14(18-10)24-6-12(20)17-8-3-4-25(21,22)7-8/h1-2,5,8,13H,3-4,6-7H2,(H,17,20)(H,18,19)/t8-/m0/s1. The minimum Gasteiger partial charge on any atom is -0.435 e. The van der Waals surface area contributed by atoms with Gasteiger partial charge in [0, 0.05) is 12.1 Å². The number of halogens is 2. The van der Waals surface area contributed by atoms with Gasteiger partial charge in [0.2, 0.25) is 5.91 Å². The highest BCUT2D eigenvalue weighted by molar-refractivity contribution is 7.99. The molecule has 0 aliphatic carbocycles. The highest BCUT2D eigenvalue weighted by Gasteiger charge is 2.28. The maximum Gasteiger partial charge on any atom is 0.387 e. The molecule has 11 heteroatoms. The van der Waals surface area contributed by atoms with Crippen molar-refractivity contribution in [2.24, 2.45) is 0 Å². The van der Waals surface area contributed by atoms with E-state index < -0.39 is 16.4 Å². The fourth-order valence-corrected chi connectivity index (χ4v) is 4.89. The van der Waals surface area contributed by atoms with Crippen molar-refractivity contribution in [3.05, 3.63) is 18.2 Å². The molecule has 2 aromatic rings. The van der Waals surface area contributed by atoms with E-state index in [1.54, 1.807) is 0 Å². The molecule has 136 valence electrons. The van der Waals surface area contributed by atoms with Crippen LogP contribution in [0.2, 0.25) is 0 Å². The molecule has 2 heterocycles. The van der Waals surface area contributed by atoms with Crippen molar-refractivity contribution in [2.75, 3.05) is 17.3 Å². The number of aromatic nitrogens is 2. The van der Waals surface area contributed by atoms with Gasteiger partial charge in [-0.15, -0.1) is 0 Å². The Labute approximate surface area is 146 Å². The third-order valence-electron chi connectivity index (χ3n) is 3.59. The molecule has 1 saturated heterocycles. The molecule has 2 N–H and O–H groups in total. The lowest BCUT2D eigenvalue weighted by Crippen LogP contribution is -2.36. The lowest BCUT2D eigenvalue weighted by Gasteiger charge is -2.09. The molecule has 7 nitrogen and oxygen atoms in total. The van der Waals surface area contributed by atoms with Crippen molar-refractivity contribution in [1.82, 2.24) is 15.3 Å². The Morgan fingerprint density at radius 3 is 2.96 bits per heavy atom. The quantitative estimate of drug-likeness (QED) is 0.725. The number of benzene rings is 1. The van der Waals surface area contributed by atoms with Crippen LogP contribution in [-0.2, 0) is 14.6 Å². The molecule has 1 aromatic heterocycles. The second kappa shape index (κ2) is 7.16. The first-order chi connectivity index (χ1) is 11.8. The molecule has 1 aliphatic rings. The number of carbonyl (C=O) groups excluding carboxylic acids is 1. The van der Waals surface area contributed by atoms with Gasteiger partial charge in [-0.2, -0.15) is 8.78 Å². The number of aromatic amines is 1. The number of amides is 1. The van der Waals surface area contributed by atoms with Gasteiger partial charge in [-0.25, -0.2) is 13.4 Å². The van der Waals surface area contributed by atoms with Crippen LogP contribution in [0.15, 0.2) is 23.4 Å². The second-order valence-corrected chi connectivity index (χ2v) is 8.75.